The molecule has 1 aromatic carbocycles. The minimum Gasteiger partial charge on any atom is -0.465 e. The van der Waals surface area contributed by atoms with Crippen LogP contribution in [0.25, 0.3) is 6.08 Å². The van der Waals surface area contributed by atoms with Crippen molar-refractivity contribution < 1.29 is 19.0 Å². The molecule has 0 spiro atoms. The van der Waals surface area contributed by atoms with E-state index in [2.05, 4.69) is 0 Å². The van der Waals surface area contributed by atoms with Crippen LogP contribution >= 0.6 is 11.6 Å². The van der Waals surface area contributed by atoms with Gasteiger partial charge in [0.1, 0.15) is 11.3 Å². The highest BCUT2D eigenvalue weighted by Gasteiger charge is 2.40. The average Bonchev–Trinajstić information content (AvgIpc) is 2.38. The van der Waals surface area contributed by atoms with E-state index in [1.54, 1.807) is 31.2 Å². The van der Waals surface area contributed by atoms with Crippen molar-refractivity contribution in [3.8, 4) is 5.75 Å². The molecule has 5 heteroatoms. The predicted octanol–water partition coefficient (Wildman–Crippen LogP) is 3.04. The molecule has 0 bridgehead atoms. The average molecular weight is 283 g/mol. The molecule has 0 saturated heterocycles. The van der Waals surface area contributed by atoms with Crippen LogP contribution in [0.15, 0.2) is 23.8 Å². The number of carbonyl (C=O) groups excluding carboxylic acids is 1. The fourth-order valence-electron chi connectivity index (χ4n) is 2.01. The van der Waals surface area contributed by atoms with E-state index in [1.807, 2.05) is 6.92 Å². The normalized spacial score (nSPS) is 21.2. The first kappa shape index (κ1) is 13.9. The van der Waals surface area contributed by atoms with E-state index in [-0.39, 0.29) is 0 Å². The van der Waals surface area contributed by atoms with E-state index in [9.17, 15) is 4.79 Å². The van der Waals surface area contributed by atoms with Crippen LogP contribution < -0.4 is 4.74 Å². The number of hydrogen-bond acceptors (Lipinski definition) is 4. The van der Waals surface area contributed by atoms with Gasteiger partial charge in [0, 0.05) is 24.1 Å². The molecule has 4 nitrogen and oxygen atoms in total. The SMILES string of the molecule is CCOC1(C)Oc2ccc(Cl)cc2C=C1C(=O)OC. The maximum Gasteiger partial charge on any atom is 0.340 e. The van der Waals surface area contributed by atoms with E-state index >= 15 is 0 Å². The Kier molecular flexibility index (Phi) is 3.83. The molecule has 0 aliphatic carbocycles. The minimum atomic E-state index is -1.15. The quantitative estimate of drug-likeness (QED) is 0.800. The first-order valence-electron chi connectivity index (χ1n) is 5.93. The molecule has 0 radical (unpaired) electrons. The summed E-state index contributed by atoms with van der Waals surface area (Å²) in [6.07, 6.45) is 1.69. The van der Waals surface area contributed by atoms with Crippen molar-refractivity contribution in [1.29, 1.82) is 0 Å². The molecular formula is C14H15ClO4. The number of hydrogen-bond donors (Lipinski definition) is 0. The summed E-state index contributed by atoms with van der Waals surface area (Å²) in [6.45, 7) is 3.94. The summed E-state index contributed by atoms with van der Waals surface area (Å²) in [5.74, 6) is -1.02. The Hall–Kier alpha value is -1.52. The number of halogens is 1. The zero-order valence-corrected chi connectivity index (χ0v) is 11.8. The van der Waals surface area contributed by atoms with Crippen LogP contribution in [0.5, 0.6) is 5.75 Å². The zero-order chi connectivity index (χ0) is 14.0. The molecule has 0 saturated carbocycles. The van der Waals surface area contributed by atoms with E-state index in [0.29, 0.717) is 23.0 Å². The van der Waals surface area contributed by atoms with Crippen molar-refractivity contribution >= 4 is 23.6 Å². The van der Waals surface area contributed by atoms with Gasteiger partial charge in [-0.3, -0.25) is 0 Å². The first-order chi connectivity index (χ1) is 9.00. The van der Waals surface area contributed by atoms with Crippen molar-refractivity contribution in [3.05, 3.63) is 34.4 Å². The third-order valence-corrected chi connectivity index (χ3v) is 3.13. The van der Waals surface area contributed by atoms with Gasteiger partial charge >= 0.3 is 5.97 Å². The Balaban J connectivity index is 2.52. The Morgan fingerprint density at radius 1 is 1.47 bits per heavy atom. The fraction of sp³-hybridized carbons (Fsp3) is 0.357. The maximum atomic E-state index is 11.9. The van der Waals surface area contributed by atoms with E-state index in [1.165, 1.54) is 7.11 Å². The van der Waals surface area contributed by atoms with Crippen LogP contribution in [0, 0.1) is 0 Å². The van der Waals surface area contributed by atoms with Crippen LogP contribution in [-0.2, 0) is 14.3 Å². The highest BCUT2D eigenvalue weighted by Crippen LogP contribution is 2.38. The number of methoxy groups -OCH3 is 1. The molecule has 1 aliphatic rings. The summed E-state index contributed by atoms with van der Waals surface area (Å²) in [7, 11) is 1.32. The van der Waals surface area contributed by atoms with E-state index < -0.39 is 11.8 Å². The van der Waals surface area contributed by atoms with Crippen LogP contribution in [-0.4, -0.2) is 25.5 Å². The van der Waals surface area contributed by atoms with Crippen molar-refractivity contribution in [2.24, 2.45) is 0 Å². The van der Waals surface area contributed by atoms with Gasteiger partial charge in [-0.2, -0.15) is 0 Å². The fourth-order valence-corrected chi connectivity index (χ4v) is 2.19. The van der Waals surface area contributed by atoms with Gasteiger partial charge in [-0.25, -0.2) is 4.79 Å². The third kappa shape index (κ3) is 2.60. The van der Waals surface area contributed by atoms with Gasteiger partial charge in [-0.1, -0.05) is 11.6 Å². The summed E-state index contributed by atoms with van der Waals surface area (Å²) in [6, 6.07) is 5.20. The molecule has 0 fully saturated rings. The molecule has 0 amide bonds. The monoisotopic (exact) mass is 282 g/mol. The summed E-state index contributed by atoms with van der Waals surface area (Å²) in [5.41, 5.74) is 1.04. The van der Waals surface area contributed by atoms with E-state index in [4.69, 9.17) is 25.8 Å². The minimum absolute atomic E-state index is 0.312. The van der Waals surface area contributed by atoms with E-state index in [0.717, 1.165) is 5.56 Å². The number of fused-ring (bicyclic) bond motifs is 1. The van der Waals surface area contributed by atoms with Crippen LogP contribution in [0.4, 0.5) is 0 Å². The molecule has 0 N–H and O–H groups in total. The number of carbonyl (C=O) groups is 1. The van der Waals surface area contributed by atoms with Gasteiger partial charge in [0.05, 0.1) is 7.11 Å². The second kappa shape index (κ2) is 5.23. The van der Waals surface area contributed by atoms with Crippen molar-refractivity contribution in [1.82, 2.24) is 0 Å². The molecule has 1 atom stereocenters. The molecule has 1 heterocycles. The maximum absolute atomic E-state index is 11.9. The van der Waals surface area contributed by atoms with Crippen LogP contribution in [0.2, 0.25) is 5.02 Å². The lowest BCUT2D eigenvalue weighted by atomic mass is 9.99. The number of ether oxygens (including phenoxy) is 3. The lowest BCUT2D eigenvalue weighted by Crippen LogP contribution is -2.43. The highest BCUT2D eigenvalue weighted by molar-refractivity contribution is 6.30. The van der Waals surface area contributed by atoms with Gasteiger partial charge in [0.25, 0.3) is 0 Å². The molecule has 102 valence electrons. The second-order valence-corrected chi connectivity index (χ2v) is 4.65. The number of esters is 1. The van der Waals surface area contributed by atoms with Gasteiger partial charge in [0.2, 0.25) is 5.79 Å². The Bertz CT molecular complexity index is 538. The Morgan fingerprint density at radius 3 is 2.84 bits per heavy atom. The Labute approximate surface area is 116 Å². The smallest absolute Gasteiger partial charge is 0.340 e. The lowest BCUT2D eigenvalue weighted by Gasteiger charge is -2.34. The predicted molar refractivity (Wildman–Crippen MR) is 72.1 cm³/mol. The number of benzene rings is 1. The van der Waals surface area contributed by atoms with Crippen molar-refractivity contribution in [3.63, 3.8) is 0 Å². The third-order valence-electron chi connectivity index (χ3n) is 2.89. The first-order valence-corrected chi connectivity index (χ1v) is 6.31. The molecule has 1 aromatic rings. The molecule has 1 aliphatic heterocycles. The van der Waals surface area contributed by atoms with Gasteiger partial charge in [-0.05, 0) is 31.2 Å². The van der Waals surface area contributed by atoms with Crippen molar-refractivity contribution in [2.45, 2.75) is 19.6 Å². The standard InChI is InChI=1S/C14H15ClO4/c1-4-18-14(2)11(13(16)17-3)8-9-7-10(15)5-6-12(9)19-14/h5-8H,4H2,1-3H3. The summed E-state index contributed by atoms with van der Waals surface area (Å²) < 4.78 is 16.1. The van der Waals surface area contributed by atoms with Crippen molar-refractivity contribution in [2.75, 3.05) is 13.7 Å². The molecular weight excluding hydrogens is 268 g/mol. The zero-order valence-electron chi connectivity index (χ0n) is 11.0. The molecule has 19 heavy (non-hydrogen) atoms. The Morgan fingerprint density at radius 2 is 2.21 bits per heavy atom. The van der Waals surface area contributed by atoms with Gasteiger partial charge in [0.15, 0.2) is 0 Å². The number of rotatable bonds is 3. The molecule has 2 rings (SSSR count). The summed E-state index contributed by atoms with van der Waals surface area (Å²) >= 11 is 5.94. The topological polar surface area (TPSA) is 44.8 Å². The molecule has 0 aromatic heterocycles. The lowest BCUT2D eigenvalue weighted by molar-refractivity contribution is -0.160. The largest absolute Gasteiger partial charge is 0.465 e. The van der Waals surface area contributed by atoms with Crippen LogP contribution in [0.3, 0.4) is 0 Å². The summed E-state index contributed by atoms with van der Waals surface area (Å²) in [4.78, 5) is 11.9. The molecule has 1 unspecified atom stereocenters. The van der Waals surface area contributed by atoms with Gasteiger partial charge < -0.3 is 14.2 Å². The summed E-state index contributed by atoms with van der Waals surface area (Å²) in [5, 5.41) is 0.572. The highest BCUT2D eigenvalue weighted by atomic mass is 35.5. The van der Waals surface area contributed by atoms with Crippen LogP contribution in [0.1, 0.15) is 19.4 Å². The van der Waals surface area contributed by atoms with Gasteiger partial charge in [-0.15, -0.1) is 0 Å². The second-order valence-electron chi connectivity index (χ2n) is 4.21.